The monoisotopic (exact) mass is 338 g/mol. The molecule has 0 aliphatic carbocycles. The molecule has 0 saturated heterocycles. The molecule has 0 radical (unpaired) electrons. The largest absolute Gasteiger partial charge is 0.492 e. The van der Waals surface area contributed by atoms with Gasteiger partial charge in [0, 0.05) is 12.4 Å². The number of ether oxygens (including phenoxy) is 1. The summed E-state index contributed by atoms with van der Waals surface area (Å²) in [6.07, 6.45) is 3.73. The van der Waals surface area contributed by atoms with Crippen LogP contribution in [0.4, 0.5) is 4.39 Å². The molecule has 4 nitrogen and oxygen atoms in total. The van der Waals surface area contributed by atoms with Gasteiger partial charge in [0.05, 0.1) is 6.54 Å². The number of rotatable bonds is 7. The van der Waals surface area contributed by atoms with Crippen LogP contribution < -0.4 is 10.1 Å². The smallest absolute Gasteiger partial charge is 0.247 e. The van der Waals surface area contributed by atoms with E-state index in [1.165, 1.54) is 12.1 Å². The van der Waals surface area contributed by atoms with Gasteiger partial charge in [-0.2, -0.15) is 0 Å². The molecule has 1 N–H and O–H groups in total. The summed E-state index contributed by atoms with van der Waals surface area (Å²) < 4.78 is 20.2. The van der Waals surface area contributed by atoms with E-state index in [2.05, 4.69) is 5.32 Å². The topological polar surface area (TPSA) is 43.3 Å². The van der Waals surface area contributed by atoms with Crippen LogP contribution >= 0.6 is 0 Å². The second kappa shape index (κ2) is 8.15. The van der Waals surface area contributed by atoms with E-state index in [1.54, 1.807) is 12.1 Å². The average Bonchev–Trinajstić information content (AvgIpc) is 3.15. The molecule has 5 heteroatoms. The predicted molar refractivity (Wildman–Crippen MR) is 93.9 cm³/mol. The SMILES string of the molecule is O=C(NCCOc1ccc(F)cc1)C(c1ccccc1)n1cccc1. The van der Waals surface area contributed by atoms with Crippen molar-refractivity contribution in [2.45, 2.75) is 6.04 Å². The molecule has 1 atom stereocenters. The lowest BCUT2D eigenvalue weighted by Crippen LogP contribution is -2.35. The first kappa shape index (κ1) is 16.8. The molecule has 0 bridgehead atoms. The van der Waals surface area contributed by atoms with Crippen LogP contribution in [0.1, 0.15) is 11.6 Å². The lowest BCUT2D eigenvalue weighted by molar-refractivity contribution is -0.123. The first-order chi connectivity index (χ1) is 12.2. The third-order valence-corrected chi connectivity index (χ3v) is 3.77. The Morgan fingerprint density at radius 2 is 1.68 bits per heavy atom. The standard InChI is InChI=1S/C20H19FN2O2/c21-17-8-10-18(11-9-17)25-15-12-22-20(24)19(23-13-4-5-14-23)16-6-2-1-3-7-16/h1-11,13-14,19H,12,15H2,(H,22,24). The van der Waals surface area contributed by atoms with Gasteiger partial charge in [-0.1, -0.05) is 30.3 Å². The predicted octanol–water partition coefficient (Wildman–Crippen LogP) is 3.41. The number of benzene rings is 2. The van der Waals surface area contributed by atoms with E-state index in [0.29, 0.717) is 18.9 Å². The molecule has 1 unspecified atom stereocenters. The van der Waals surface area contributed by atoms with Gasteiger partial charge in [-0.3, -0.25) is 4.79 Å². The van der Waals surface area contributed by atoms with E-state index in [1.807, 2.05) is 59.4 Å². The fourth-order valence-corrected chi connectivity index (χ4v) is 2.58. The summed E-state index contributed by atoms with van der Waals surface area (Å²) in [5, 5.41) is 2.89. The first-order valence-electron chi connectivity index (χ1n) is 8.07. The van der Waals surface area contributed by atoms with Crippen LogP contribution in [0, 0.1) is 5.82 Å². The Labute approximate surface area is 145 Å². The van der Waals surface area contributed by atoms with Crippen molar-refractivity contribution in [2.75, 3.05) is 13.2 Å². The molecule has 0 aliphatic heterocycles. The molecular weight excluding hydrogens is 319 g/mol. The minimum absolute atomic E-state index is 0.106. The number of carbonyl (C=O) groups is 1. The summed E-state index contributed by atoms with van der Waals surface area (Å²) in [5.74, 6) is 0.156. The second-order valence-corrected chi connectivity index (χ2v) is 5.54. The zero-order valence-corrected chi connectivity index (χ0v) is 13.6. The molecule has 2 aromatic carbocycles. The van der Waals surface area contributed by atoms with Crippen LogP contribution in [-0.2, 0) is 4.79 Å². The van der Waals surface area contributed by atoms with Crippen molar-refractivity contribution in [2.24, 2.45) is 0 Å². The van der Waals surface area contributed by atoms with Crippen molar-refractivity contribution < 1.29 is 13.9 Å². The van der Waals surface area contributed by atoms with Gasteiger partial charge < -0.3 is 14.6 Å². The van der Waals surface area contributed by atoms with Crippen LogP contribution in [0.3, 0.4) is 0 Å². The molecule has 1 amide bonds. The maximum atomic E-state index is 12.9. The van der Waals surface area contributed by atoms with Crippen molar-refractivity contribution >= 4 is 5.91 Å². The third-order valence-electron chi connectivity index (χ3n) is 3.77. The molecule has 0 spiro atoms. The fourth-order valence-electron chi connectivity index (χ4n) is 2.58. The summed E-state index contributed by atoms with van der Waals surface area (Å²) in [6.45, 7) is 0.672. The minimum atomic E-state index is -0.429. The van der Waals surface area contributed by atoms with Gasteiger partial charge in [-0.15, -0.1) is 0 Å². The molecule has 0 aliphatic rings. The van der Waals surface area contributed by atoms with Gasteiger partial charge in [0.1, 0.15) is 24.2 Å². The van der Waals surface area contributed by atoms with E-state index in [-0.39, 0.29) is 11.7 Å². The zero-order chi connectivity index (χ0) is 17.5. The molecule has 1 heterocycles. The van der Waals surface area contributed by atoms with E-state index < -0.39 is 6.04 Å². The molecule has 0 saturated carbocycles. The Balaban J connectivity index is 1.58. The van der Waals surface area contributed by atoms with Crippen LogP contribution in [0.2, 0.25) is 0 Å². The number of nitrogens with zero attached hydrogens (tertiary/aromatic N) is 1. The van der Waals surface area contributed by atoms with E-state index >= 15 is 0 Å². The fraction of sp³-hybridized carbons (Fsp3) is 0.150. The minimum Gasteiger partial charge on any atom is -0.492 e. The molecular formula is C20H19FN2O2. The van der Waals surface area contributed by atoms with Gasteiger partial charge in [0.15, 0.2) is 0 Å². The Bertz CT molecular complexity index is 786. The highest BCUT2D eigenvalue weighted by Gasteiger charge is 2.21. The number of nitrogens with one attached hydrogen (secondary N) is 1. The number of hydrogen-bond acceptors (Lipinski definition) is 2. The van der Waals surface area contributed by atoms with Crippen LogP contribution in [0.15, 0.2) is 79.1 Å². The summed E-state index contributed by atoms with van der Waals surface area (Å²) in [6, 6.07) is 18.8. The zero-order valence-electron chi connectivity index (χ0n) is 13.6. The Kier molecular flexibility index (Phi) is 5.46. The lowest BCUT2D eigenvalue weighted by atomic mass is 10.1. The number of hydrogen-bond donors (Lipinski definition) is 1. The molecule has 3 rings (SSSR count). The Hall–Kier alpha value is -3.08. The van der Waals surface area contributed by atoms with Gasteiger partial charge in [-0.05, 0) is 42.0 Å². The normalized spacial score (nSPS) is 11.7. The van der Waals surface area contributed by atoms with E-state index in [9.17, 15) is 9.18 Å². The molecule has 0 fully saturated rings. The quantitative estimate of drug-likeness (QED) is 0.671. The van der Waals surface area contributed by atoms with Crippen LogP contribution in [0.5, 0.6) is 5.75 Å². The third kappa shape index (κ3) is 4.47. The van der Waals surface area contributed by atoms with Crippen molar-refractivity contribution in [1.82, 2.24) is 9.88 Å². The van der Waals surface area contributed by atoms with Crippen LogP contribution in [0.25, 0.3) is 0 Å². The van der Waals surface area contributed by atoms with Gasteiger partial charge in [0.25, 0.3) is 0 Å². The number of aromatic nitrogens is 1. The Morgan fingerprint density at radius 3 is 2.36 bits per heavy atom. The van der Waals surface area contributed by atoms with Crippen LogP contribution in [-0.4, -0.2) is 23.6 Å². The number of amides is 1. The van der Waals surface area contributed by atoms with Crippen molar-refractivity contribution in [1.29, 1.82) is 0 Å². The highest BCUT2D eigenvalue weighted by molar-refractivity contribution is 5.83. The van der Waals surface area contributed by atoms with E-state index in [4.69, 9.17) is 4.74 Å². The summed E-state index contributed by atoms with van der Waals surface area (Å²) >= 11 is 0. The lowest BCUT2D eigenvalue weighted by Gasteiger charge is -2.19. The maximum Gasteiger partial charge on any atom is 0.247 e. The summed E-state index contributed by atoms with van der Waals surface area (Å²) in [5.41, 5.74) is 0.913. The summed E-state index contributed by atoms with van der Waals surface area (Å²) in [7, 11) is 0. The number of carbonyl (C=O) groups excluding carboxylic acids is 1. The molecule has 25 heavy (non-hydrogen) atoms. The van der Waals surface area contributed by atoms with Crippen molar-refractivity contribution in [3.8, 4) is 5.75 Å². The molecule has 128 valence electrons. The van der Waals surface area contributed by atoms with E-state index in [0.717, 1.165) is 5.56 Å². The molecule has 1 aromatic heterocycles. The summed E-state index contributed by atoms with van der Waals surface area (Å²) in [4.78, 5) is 12.7. The highest BCUT2D eigenvalue weighted by Crippen LogP contribution is 2.18. The average molecular weight is 338 g/mol. The second-order valence-electron chi connectivity index (χ2n) is 5.54. The highest BCUT2D eigenvalue weighted by atomic mass is 19.1. The Morgan fingerprint density at radius 1 is 1.00 bits per heavy atom. The van der Waals surface area contributed by atoms with Gasteiger partial charge >= 0.3 is 0 Å². The van der Waals surface area contributed by atoms with Crippen molar-refractivity contribution in [3.63, 3.8) is 0 Å². The maximum absolute atomic E-state index is 12.9. The van der Waals surface area contributed by atoms with Gasteiger partial charge in [-0.25, -0.2) is 4.39 Å². The number of halogens is 1. The first-order valence-corrected chi connectivity index (χ1v) is 8.07. The van der Waals surface area contributed by atoms with Gasteiger partial charge in [0.2, 0.25) is 5.91 Å². The molecule has 3 aromatic rings. The van der Waals surface area contributed by atoms with Crippen molar-refractivity contribution in [3.05, 3.63) is 90.5 Å².